The SMILES string of the molecule is CCN(CC)CCCNC(=O)N1CCC(O)(C(F)(F)F)CC1. The van der Waals surface area contributed by atoms with Gasteiger partial charge in [-0.3, -0.25) is 0 Å². The van der Waals surface area contributed by atoms with Crippen molar-refractivity contribution >= 4 is 6.03 Å². The molecule has 0 radical (unpaired) electrons. The third-order valence-electron chi connectivity index (χ3n) is 4.23. The lowest BCUT2D eigenvalue weighted by molar-refractivity contribution is -0.271. The zero-order chi connectivity index (χ0) is 16.8. The first-order valence-corrected chi connectivity index (χ1v) is 7.77. The molecule has 1 fully saturated rings. The van der Waals surface area contributed by atoms with Crippen LogP contribution in [-0.2, 0) is 0 Å². The van der Waals surface area contributed by atoms with E-state index in [2.05, 4.69) is 24.1 Å². The second kappa shape index (κ2) is 8.01. The molecule has 1 saturated heterocycles. The van der Waals surface area contributed by atoms with E-state index in [0.717, 1.165) is 26.1 Å². The van der Waals surface area contributed by atoms with E-state index in [1.54, 1.807) is 0 Å². The van der Waals surface area contributed by atoms with Crippen LogP contribution in [0.15, 0.2) is 0 Å². The number of rotatable bonds is 6. The van der Waals surface area contributed by atoms with Gasteiger partial charge in [-0.05, 0) is 26.1 Å². The lowest BCUT2D eigenvalue weighted by Gasteiger charge is -2.39. The first-order valence-electron chi connectivity index (χ1n) is 7.77. The number of carbonyl (C=O) groups is 1. The first-order chi connectivity index (χ1) is 10.2. The lowest BCUT2D eigenvalue weighted by Crippen LogP contribution is -2.55. The molecule has 0 aromatic carbocycles. The number of amides is 2. The lowest BCUT2D eigenvalue weighted by atomic mass is 9.91. The zero-order valence-electron chi connectivity index (χ0n) is 13.2. The highest BCUT2D eigenvalue weighted by Crippen LogP contribution is 2.38. The van der Waals surface area contributed by atoms with E-state index in [-0.39, 0.29) is 19.1 Å². The molecule has 0 aromatic rings. The summed E-state index contributed by atoms with van der Waals surface area (Å²) in [6.07, 6.45) is -4.78. The third kappa shape index (κ3) is 5.01. The van der Waals surface area contributed by atoms with Gasteiger partial charge in [-0.25, -0.2) is 4.79 Å². The van der Waals surface area contributed by atoms with E-state index in [1.807, 2.05) is 0 Å². The number of piperidine rings is 1. The van der Waals surface area contributed by atoms with Crippen molar-refractivity contribution in [3.05, 3.63) is 0 Å². The number of nitrogens with one attached hydrogen (secondary N) is 1. The van der Waals surface area contributed by atoms with Gasteiger partial charge in [0.15, 0.2) is 5.60 Å². The summed E-state index contributed by atoms with van der Waals surface area (Å²) >= 11 is 0. The van der Waals surface area contributed by atoms with Crippen molar-refractivity contribution < 1.29 is 23.1 Å². The Morgan fingerprint density at radius 3 is 2.27 bits per heavy atom. The van der Waals surface area contributed by atoms with E-state index in [4.69, 9.17) is 0 Å². The van der Waals surface area contributed by atoms with E-state index >= 15 is 0 Å². The van der Waals surface area contributed by atoms with Crippen LogP contribution >= 0.6 is 0 Å². The van der Waals surface area contributed by atoms with Crippen molar-refractivity contribution in [3.8, 4) is 0 Å². The second-order valence-electron chi connectivity index (χ2n) is 5.63. The van der Waals surface area contributed by atoms with Crippen molar-refractivity contribution in [1.82, 2.24) is 15.1 Å². The predicted octanol–water partition coefficient (Wildman–Crippen LogP) is 1.82. The van der Waals surface area contributed by atoms with E-state index in [9.17, 15) is 23.1 Å². The summed E-state index contributed by atoms with van der Waals surface area (Å²) in [6, 6.07) is -0.358. The van der Waals surface area contributed by atoms with Gasteiger partial charge in [0.2, 0.25) is 0 Å². The van der Waals surface area contributed by atoms with Crippen LogP contribution in [0.5, 0.6) is 0 Å². The molecule has 130 valence electrons. The molecule has 0 bridgehead atoms. The molecule has 22 heavy (non-hydrogen) atoms. The quantitative estimate of drug-likeness (QED) is 0.733. The molecule has 0 aromatic heterocycles. The summed E-state index contributed by atoms with van der Waals surface area (Å²) in [5.74, 6) is 0. The van der Waals surface area contributed by atoms with Gasteiger partial charge in [0.25, 0.3) is 0 Å². The van der Waals surface area contributed by atoms with Gasteiger partial charge in [0, 0.05) is 32.5 Å². The minimum absolute atomic E-state index is 0.0854. The molecule has 1 rings (SSSR count). The summed E-state index contributed by atoms with van der Waals surface area (Å²) in [7, 11) is 0. The highest BCUT2D eigenvalue weighted by Gasteiger charge is 2.54. The highest BCUT2D eigenvalue weighted by atomic mass is 19.4. The maximum atomic E-state index is 12.7. The zero-order valence-corrected chi connectivity index (χ0v) is 13.2. The number of carbonyl (C=O) groups excluding carboxylic acids is 1. The van der Waals surface area contributed by atoms with Gasteiger partial charge in [-0.1, -0.05) is 13.8 Å². The standard InChI is InChI=1S/C14H26F3N3O2/c1-3-19(4-2)9-5-8-18-12(21)20-10-6-13(22,7-11-20)14(15,16)17/h22H,3-11H2,1-2H3,(H,18,21). The number of nitrogens with zero attached hydrogens (tertiary/aromatic N) is 2. The Morgan fingerprint density at radius 2 is 1.82 bits per heavy atom. The monoisotopic (exact) mass is 325 g/mol. The Morgan fingerprint density at radius 1 is 1.27 bits per heavy atom. The van der Waals surface area contributed by atoms with Crippen molar-refractivity contribution in [3.63, 3.8) is 0 Å². The van der Waals surface area contributed by atoms with Crippen LogP contribution in [0, 0.1) is 0 Å². The normalized spacial score (nSPS) is 18.6. The summed E-state index contributed by atoms with van der Waals surface area (Å²) in [6.45, 7) is 7.24. The van der Waals surface area contributed by atoms with E-state index in [0.29, 0.717) is 6.54 Å². The number of urea groups is 1. The van der Waals surface area contributed by atoms with Crippen molar-refractivity contribution in [2.75, 3.05) is 39.3 Å². The van der Waals surface area contributed by atoms with Gasteiger partial charge in [0.1, 0.15) is 0 Å². The molecule has 2 N–H and O–H groups in total. The fourth-order valence-corrected chi connectivity index (χ4v) is 2.51. The molecule has 8 heteroatoms. The Labute approximate surface area is 129 Å². The summed E-state index contributed by atoms with van der Waals surface area (Å²) in [5, 5.41) is 12.3. The van der Waals surface area contributed by atoms with Crippen LogP contribution in [0.4, 0.5) is 18.0 Å². The van der Waals surface area contributed by atoms with Crippen LogP contribution in [0.25, 0.3) is 0 Å². The van der Waals surface area contributed by atoms with Crippen molar-refractivity contribution in [2.45, 2.75) is 44.9 Å². The molecular formula is C14H26F3N3O2. The average molecular weight is 325 g/mol. The largest absolute Gasteiger partial charge is 0.417 e. The molecule has 0 saturated carbocycles. The van der Waals surface area contributed by atoms with Crippen LogP contribution in [0.1, 0.15) is 33.1 Å². The summed E-state index contributed by atoms with van der Waals surface area (Å²) in [4.78, 5) is 15.4. The molecule has 0 unspecified atom stereocenters. The number of hydrogen-bond acceptors (Lipinski definition) is 3. The number of likely N-dealkylation sites (tertiary alicyclic amines) is 1. The Bertz CT molecular complexity index is 352. The summed E-state index contributed by atoms with van der Waals surface area (Å²) in [5.41, 5.74) is -2.66. The minimum Gasteiger partial charge on any atom is -0.380 e. The second-order valence-corrected chi connectivity index (χ2v) is 5.63. The molecule has 1 heterocycles. The Balaban J connectivity index is 2.29. The van der Waals surface area contributed by atoms with Crippen molar-refractivity contribution in [2.24, 2.45) is 0 Å². The fraction of sp³-hybridized carbons (Fsp3) is 0.929. The highest BCUT2D eigenvalue weighted by molar-refractivity contribution is 5.74. The maximum absolute atomic E-state index is 12.7. The maximum Gasteiger partial charge on any atom is 0.417 e. The number of halogens is 3. The molecule has 1 aliphatic heterocycles. The number of aliphatic hydroxyl groups is 1. The van der Waals surface area contributed by atoms with Gasteiger partial charge in [-0.15, -0.1) is 0 Å². The molecular weight excluding hydrogens is 299 g/mol. The van der Waals surface area contributed by atoms with Crippen LogP contribution < -0.4 is 5.32 Å². The molecule has 5 nitrogen and oxygen atoms in total. The van der Waals surface area contributed by atoms with Gasteiger partial charge < -0.3 is 20.2 Å². The van der Waals surface area contributed by atoms with Gasteiger partial charge in [-0.2, -0.15) is 13.2 Å². The molecule has 0 spiro atoms. The van der Waals surface area contributed by atoms with E-state index < -0.39 is 24.6 Å². The number of hydrogen-bond donors (Lipinski definition) is 2. The topological polar surface area (TPSA) is 55.8 Å². The average Bonchev–Trinajstić information content (AvgIpc) is 2.47. The van der Waals surface area contributed by atoms with Gasteiger partial charge in [0.05, 0.1) is 0 Å². The smallest absolute Gasteiger partial charge is 0.380 e. The molecule has 1 aliphatic rings. The minimum atomic E-state index is -4.64. The fourth-order valence-electron chi connectivity index (χ4n) is 2.51. The number of alkyl halides is 3. The Hall–Kier alpha value is -1.02. The molecule has 0 aliphatic carbocycles. The van der Waals surface area contributed by atoms with Crippen LogP contribution in [0.3, 0.4) is 0 Å². The Kier molecular flexibility index (Phi) is 6.93. The van der Waals surface area contributed by atoms with Gasteiger partial charge >= 0.3 is 12.2 Å². The molecule has 0 atom stereocenters. The van der Waals surface area contributed by atoms with Crippen LogP contribution in [0.2, 0.25) is 0 Å². The third-order valence-corrected chi connectivity index (χ3v) is 4.23. The molecule has 2 amide bonds. The summed E-state index contributed by atoms with van der Waals surface area (Å²) < 4.78 is 38.0. The van der Waals surface area contributed by atoms with E-state index in [1.165, 1.54) is 4.90 Å². The first kappa shape index (κ1) is 19.0. The van der Waals surface area contributed by atoms with Crippen LogP contribution in [-0.4, -0.2) is 72.0 Å². The van der Waals surface area contributed by atoms with Crippen molar-refractivity contribution in [1.29, 1.82) is 0 Å². The predicted molar refractivity (Wildman–Crippen MR) is 77.6 cm³/mol.